The van der Waals surface area contributed by atoms with Crippen molar-refractivity contribution in [3.8, 4) is 0 Å². The third-order valence-corrected chi connectivity index (χ3v) is 5.21. The summed E-state index contributed by atoms with van der Waals surface area (Å²) >= 11 is 0. The Kier molecular flexibility index (Phi) is 4.35. The quantitative estimate of drug-likeness (QED) is 0.708. The summed E-state index contributed by atoms with van der Waals surface area (Å²) in [6.45, 7) is 0. The molecule has 1 fully saturated rings. The molecule has 126 valence electrons. The van der Waals surface area contributed by atoms with Crippen molar-refractivity contribution >= 4 is 0 Å². The predicted octanol–water partition coefficient (Wildman–Crippen LogP) is 4.44. The maximum Gasteiger partial charge on any atom is 0.0907 e. The standard InChI is InChI=1S/C22H23N3/c1-24-20(17-10-5-3-6-11-17)21(18-12-7-4-8-13-18)25(2)22(24)19-14-9-15-23-16-19/h3-16,20-22H,1-2H3. The van der Waals surface area contributed by atoms with Crippen LogP contribution in [-0.2, 0) is 0 Å². The molecule has 1 aliphatic heterocycles. The Balaban J connectivity index is 1.82. The largest absolute Gasteiger partial charge is 0.278 e. The maximum atomic E-state index is 4.34. The van der Waals surface area contributed by atoms with Gasteiger partial charge in [0.05, 0.1) is 18.2 Å². The Bertz CT molecular complexity index is 753. The zero-order valence-corrected chi connectivity index (χ0v) is 14.7. The number of likely N-dealkylation sites (N-methyl/N-ethyl adjacent to an activating group) is 2. The fraction of sp³-hybridized carbons (Fsp3) is 0.227. The fourth-order valence-corrected chi connectivity index (χ4v) is 4.17. The predicted molar refractivity (Wildman–Crippen MR) is 101 cm³/mol. The molecule has 0 spiro atoms. The minimum absolute atomic E-state index is 0.198. The number of benzene rings is 2. The van der Waals surface area contributed by atoms with Gasteiger partial charge >= 0.3 is 0 Å². The molecule has 4 rings (SSSR count). The van der Waals surface area contributed by atoms with Crippen LogP contribution in [0.2, 0.25) is 0 Å². The third-order valence-electron chi connectivity index (χ3n) is 5.21. The van der Waals surface area contributed by atoms with Crippen molar-refractivity contribution < 1.29 is 0 Å². The molecule has 0 N–H and O–H groups in total. The highest BCUT2D eigenvalue weighted by Gasteiger charge is 2.45. The average Bonchev–Trinajstić information content (AvgIpc) is 2.94. The van der Waals surface area contributed by atoms with E-state index in [-0.39, 0.29) is 6.17 Å². The van der Waals surface area contributed by atoms with Crippen LogP contribution in [0.4, 0.5) is 0 Å². The van der Waals surface area contributed by atoms with Gasteiger partial charge < -0.3 is 0 Å². The van der Waals surface area contributed by atoms with Gasteiger partial charge in [0, 0.05) is 18.0 Å². The summed E-state index contributed by atoms with van der Waals surface area (Å²) in [5.74, 6) is 0. The van der Waals surface area contributed by atoms with Crippen LogP contribution < -0.4 is 0 Å². The summed E-state index contributed by atoms with van der Waals surface area (Å²) in [5, 5.41) is 0. The van der Waals surface area contributed by atoms with Crippen LogP contribution in [0.1, 0.15) is 34.9 Å². The van der Waals surface area contributed by atoms with Gasteiger partial charge in [-0.05, 0) is 31.3 Å². The number of nitrogens with zero attached hydrogens (tertiary/aromatic N) is 3. The molecular formula is C22H23N3. The van der Waals surface area contributed by atoms with E-state index in [2.05, 4.69) is 95.6 Å². The molecule has 2 heterocycles. The normalized spacial score (nSPS) is 24.5. The lowest BCUT2D eigenvalue weighted by Gasteiger charge is -2.27. The summed E-state index contributed by atoms with van der Waals surface area (Å²) in [4.78, 5) is 9.27. The van der Waals surface area contributed by atoms with E-state index < -0.39 is 0 Å². The van der Waals surface area contributed by atoms with E-state index in [0.717, 1.165) is 0 Å². The third kappa shape index (κ3) is 2.86. The molecule has 0 aliphatic carbocycles. The van der Waals surface area contributed by atoms with Crippen molar-refractivity contribution in [1.29, 1.82) is 0 Å². The highest BCUT2D eigenvalue weighted by molar-refractivity contribution is 5.31. The Morgan fingerprint density at radius 1 is 0.640 bits per heavy atom. The molecule has 0 amide bonds. The summed E-state index contributed by atoms with van der Waals surface area (Å²) < 4.78 is 0. The minimum Gasteiger partial charge on any atom is -0.278 e. The summed E-state index contributed by atoms with van der Waals surface area (Å²) in [6, 6.07) is 26.4. The van der Waals surface area contributed by atoms with E-state index >= 15 is 0 Å². The molecule has 1 aromatic heterocycles. The first-order chi connectivity index (χ1) is 12.3. The molecule has 3 heteroatoms. The molecule has 0 radical (unpaired) electrons. The summed E-state index contributed by atoms with van der Waals surface area (Å²) in [5.41, 5.74) is 3.92. The Morgan fingerprint density at radius 2 is 1.12 bits per heavy atom. The molecule has 2 aromatic carbocycles. The Morgan fingerprint density at radius 3 is 1.56 bits per heavy atom. The lowest BCUT2D eigenvalue weighted by Crippen LogP contribution is -2.26. The van der Waals surface area contributed by atoms with Crippen LogP contribution in [0, 0.1) is 0 Å². The fourth-order valence-electron chi connectivity index (χ4n) is 4.17. The molecule has 1 saturated heterocycles. The van der Waals surface area contributed by atoms with Gasteiger partial charge in [-0.1, -0.05) is 66.7 Å². The Hall–Kier alpha value is -2.49. The zero-order chi connectivity index (χ0) is 17.2. The van der Waals surface area contributed by atoms with Crippen molar-refractivity contribution in [2.45, 2.75) is 18.2 Å². The van der Waals surface area contributed by atoms with Crippen molar-refractivity contribution in [3.63, 3.8) is 0 Å². The number of hydrogen-bond donors (Lipinski definition) is 0. The van der Waals surface area contributed by atoms with E-state index in [4.69, 9.17) is 0 Å². The van der Waals surface area contributed by atoms with Gasteiger partial charge in [0.15, 0.2) is 0 Å². The number of pyridine rings is 1. The maximum absolute atomic E-state index is 4.34. The highest BCUT2D eigenvalue weighted by atomic mass is 15.4. The Labute approximate surface area is 149 Å². The molecule has 2 unspecified atom stereocenters. The molecule has 3 aromatic rings. The first kappa shape index (κ1) is 16.0. The van der Waals surface area contributed by atoms with Crippen LogP contribution in [-0.4, -0.2) is 28.9 Å². The molecule has 2 atom stereocenters. The summed E-state index contributed by atoms with van der Waals surface area (Å²) in [6.07, 6.45) is 4.01. The van der Waals surface area contributed by atoms with Crippen molar-refractivity contribution in [3.05, 3.63) is 102 Å². The zero-order valence-electron chi connectivity index (χ0n) is 14.7. The van der Waals surface area contributed by atoms with E-state index in [1.54, 1.807) is 0 Å². The lowest BCUT2D eigenvalue weighted by molar-refractivity contribution is 0.164. The van der Waals surface area contributed by atoms with Gasteiger partial charge in [-0.25, -0.2) is 0 Å². The second kappa shape index (κ2) is 6.79. The molecule has 3 nitrogen and oxygen atoms in total. The van der Waals surface area contributed by atoms with Crippen LogP contribution in [0.25, 0.3) is 0 Å². The topological polar surface area (TPSA) is 19.4 Å². The number of hydrogen-bond acceptors (Lipinski definition) is 3. The van der Waals surface area contributed by atoms with Gasteiger partial charge in [0.2, 0.25) is 0 Å². The van der Waals surface area contributed by atoms with E-state index in [0.29, 0.717) is 12.1 Å². The smallest absolute Gasteiger partial charge is 0.0907 e. The van der Waals surface area contributed by atoms with E-state index in [1.165, 1.54) is 16.7 Å². The van der Waals surface area contributed by atoms with Gasteiger partial charge in [-0.3, -0.25) is 14.8 Å². The molecule has 0 saturated carbocycles. The first-order valence-electron chi connectivity index (χ1n) is 8.71. The van der Waals surface area contributed by atoms with Crippen molar-refractivity contribution in [2.75, 3.05) is 14.1 Å². The van der Waals surface area contributed by atoms with Gasteiger partial charge in [-0.2, -0.15) is 0 Å². The summed E-state index contributed by atoms with van der Waals surface area (Å²) in [7, 11) is 4.43. The van der Waals surface area contributed by atoms with E-state index in [9.17, 15) is 0 Å². The van der Waals surface area contributed by atoms with Crippen LogP contribution in [0.3, 0.4) is 0 Å². The van der Waals surface area contributed by atoms with Crippen LogP contribution >= 0.6 is 0 Å². The average molecular weight is 329 g/mol. The molecular weight excluding hydrogens is 306 g/mol. The SMILES string of the molecule is CN1C(c2ccccc2)C(c2ccccc2)N(C)C1c1cccnc1. The monoisotopic (exact) mass is 329 g/mol. The van der Waals surface area contributed by atoms with Crippen LogP contribution in [0.15, 0.2) is 85.2 Å². The van der Waals surface area contributed by atoms with Crippen molar-refractivity contribution in [1.82, 2.24) is 14.8 Å². The second-order valence-electron chi connectivity index (χ2n) is 6.70. The lowest BCUT2D eigenvalue weighted by atomic mass is 9.93. The van der Waals surface area contributed by atoms with Crippen molar-refractivity contribution in [2.24, 2.45) is 0 Å². The molecule has 25 heavy (non-hydrogen) atoms. The van der Waals surface area contributed by atoms with Gasteiger partial charge in [-0.15, -0.1) is 0 Å². The van der Waals surface area contributed by atoms with Crippen LogP contribution in [0.5, 0.6) is 0 Å². The molecule has 1 aliphatic rings. The van der Waals surface area contributed by atoms with E-state index in [1.807, 2.05) is 18.5 Å². The van der Waals surface area contributed by atoms with Gasteiger partial charge in [0.25, 0.3) is 0 Å². The second-order valence-corrected chi connectivity index (χ2v) is 6.70. The first-order valence-corrected chi connectivity index (χ1v) is 8.71. The highest BCUT2D eigenvalue weighted by Crippen LogP contribution is 2.50. The molecule has 0 bridgehead atoms. The van der Waals surface area contributed by atoms with Gasteiger partial charge in [0.1, 0.15) is 0 Å². The number of aromatic nitrogens is 1. The number of rotatable bonds is 3. The minimum atomic E-state index is 0.198.